The molecule has 0 saturated carbocycles. The molecule has 0 aliphatic heterocycles. The highest BCUT2D eigenvalue weighted by Gasteiger charge is 2.16. The monoisotopic (exact) mass is 433 g/mol. The van der Waals surface area contributed by atoms with Gasteiger partial charge in [0.25, 0.3) is 0 Å². The van der Waals surface area contributed by atoms with Crippen LogP contribution in [-0.4, -0.2) is 36.7 Å². The van der Waals surface area contributed by atoms with E-state index in [1.54, 1.807) is 0 Å². The Kier molecular flexibility index (Phi) is 5.77. The number of benzene rings is 2. The van der Waals surface area contributed by atoms with E-state index < -0.39 is 0 Å². The van der Waals surface area contributed by atoms with Gasteiger partial charge < -0.3 is 11.2 Å². The van der Waals surface area contributed by atoms with Gasteiger partial charge in [0, 0.05) is 11.3 Å². The zero-order chi connectivity index (χ0) is 22.0. The van der Waals surface area contributed by atoms with Crippen molar-refractivity contribution >= 4 is 23.4 Å². The van der Waals surface area contributed by atoms with Crippen LogP contribution in [0.2, 0.25) is 0 Å². The van der Waals surface area contributed by atoms with Gasteiger partial charge in [0.2, 0.25) is 16.9 Å². The van der Waals surface area contributed by atoms with Gasteiger partial charge in [-0.1, -0.05) is 47.7 Å². The first-order valence-corrected chi connectivity index (χ1v) is 10.7. The molecule has 0 aliphatic rings. The number of anilines is 1. The van der Waals surface area contributed by atoms with Gasteiger partial charge in [0.1, 0.15) is 5.69 Å². The maximum Gasteiger partial charge on any atom is 0.234 e. The minimum absolute atomic E-state index is 0.138. The highest BCUT2D eigenvalue weighted by atomic mass is 32.2. The molecule has 9 heteroatoms. The Hall–Kier alpha value is -3.59. The number of carbonyl (C=O) groups is 1. The molecular weight excluding hydrogens is 410 g/mol. The van der Waals surface area contributed by atoms with Gasteiger partial charge in [-0.15, -0.1) is 10.2 Å². The molecule has 4 aromatic rings. The lowest BCUT2D eigenvalue weighted by Crippen LogP contribution is -2.16. The predicted molar refractivity (Wildman–Crippen MR) is 123 cm³/mol. The molecule has 2 aromatic carbocycles. The molecule has 0 spiro atoms. The number of aryl methyl sites for hydroxylation is 3. The third-order valence-electron chi connectivity index (χ3n) is 4.95. The molecule has 1 amide bonds. The maximum absolute atomic E-state index is 12.3. The van der Waals surface area contributed by atoms with E-state index in [0.29, 0.717) is 16.7 Å². The third-order valence-corrected chi connectivity index (χ3v) is 5.90. The molecule has 0 radical (unpaired) electrons. The van der Waals surface area contributed by atoms with E-state index in [0.717, 1.165) is 22.5 Å². The average Bonchev–Trinajstić information content (AvgIpc) is 3.36. The lowest BCUT2D eigenvalue weighted by atomic mass is 10.1. The molecule has 2 aromatic heterocycles. The van der Waals surface area contributed by atoms with E-state index in [1.165, 1.54) is 27.6 Å². The number of nitrogens with two attached hydrogens (primary N) is 1. The zero-order valence-corrected chi connectivity index (χ0v) is 18.3. The largest absolute Gasteiger partial charge is 0.335 e. The standard InChI is InChI=1S/C22H23N7OS/c1-13-4-7-16(8-5-13)18-11-19(26-25-18)21-27-28-22(29(21)23)31-12-20(30)24-17-9-6-14(2)15(3)10-17/h4-11H,12,23H2,1-3H3,(H,24,30)(H,25,26). The second-order valence-corrected chi connectivity index (χ2v) is 8.29. The lowest BCUT2D eigenvalue weighted by molar-refractivity contribution is -0.113. The van der Waals surface area contributed by atoms with Gasteiger partial charge in [0.15, 0.2) is 0 Å². The molecule has 0 aliphatic carbocycles. The van der Waals surface area contributed by atoms with Crippen LogP contribution in [0.25, 0.3) is 22.8 Å². The molecule has 2 heterocycles. The Morgan fingerprint density at radius 2 is 1.84 bits per heavy atom. The van der Waals surface area contributed by atoms with Crippen LogP contribution < -0.4 is 11.2 Å². The number of aromatic amines is 1. The SMILES string of the molecule is Cc1ccc(-c2cc(-c3nnc(SCC(=O)Nc4ccc(C)c(C)c4)n3N)[nH]n2)cc1. The van der Waals surface area contributed by atoms with Crippen molar-refractivity contribution in [3.05, 3.63) is 65.2 Å². The molecule has 4 N–H and O–H groups in total. The van der Waals surface area contributed by atoms with E-state index in [4.69, 9.17) is 5.84 Å². The smallest absolute Gasteiger partial charge is 0.234 e. The predicted octanol–water partition coefficient (Wildman–Crippen LogP) is 3.71. The number of carbonyl (C=O) groups excluding carboxylic acids is 1. The number of nitrogen functional groups attached to an aromatic ring is 1. The summed E-state index contributed by atoms with van der Waals surface area (Å²) in [6.07, 6.45) is 0. The van der Waals surface area contributed by atoms with Crippen molar-refractivity contribution in [2.75, 3.05) is 16.9 Å². The number of hydrogen-bond acceptors (Lipinski definition) is 6. The number of hydrogen-bond donors (Lipinski definition) is 3. The van der Waals surface area contributed by atoms with E-state index in [1.807, 2.05) is 69.3 Å². The highest BCUT2D eigenvalue weighted by Crippen LogP contribution is 2.25. The minimum atomic E-state index is -0.138. The molecule has 0 bridgehead atoms. The number of amides is 1. The van der Waals surface area contributed by atoms with Crippen LogP contribution in [0.15, 0.2) is 53.7 Å². The summed E-state index contributed by atoms with van der Waals surface area (Å²) >= 11 is 1.22. The summed E-state index contributed by atoms with van der Waals surface area (Å²) in [5.74, 6) is 6.65. The molecule has 31 heavy (non-hydrogen) atoms. The van der Waals surface area contributed by atoms with Crippen LogP contribution in [0.3, 0.4) is 0 Å². The van der Waals surface area contributed by atoms with Crippen molar-refractivity contribution in [2.24, 2.45) is 0 Å². The van der Waals surface area contributed by atoms with Crippen LogP contribution in [0.5, 0.6) is 0 Å². The van der Waals surface area contributed by atoms with E-state index in [-0.39, 0.29) is 11.7 Å². The first-order chi connectivity index (χ1) is 14.9. The van der Waals surface area contributed by atoms with Crippen molar-refractivity contribution in [3.63, 3.8) is 0 Å². The van der Waals surface area contributed by atoms with Gasteiger partial charge >= 0.3 is 0 Å². The van der Waals surface area contributed by atoms with Crippen molar-refractivity contribution in [3.8, 4) is 22.8 Å². The number of rotatable bonds is 6. The van der Waals surface area contributed by atoms with Crippen molar-refractivity contribution < 1.29 is 4.79 Å². The van der Waals surface area contributed by atoms with E-state index in [9.17, 15) is 4.79 Å². The topological polar surface area (TPSA) is 115 Å². The number of aromatic nitrogens is 5. The van der Waals surface area contributed by atoms with Crippen LogP contribution in [0, 0.1) is 20.8 Å². The summed E-state index contributed by atoms with van der Waals surface area (Å²) in [6.45, 7) is 6.08. The molecular formula is C22H23N7OS. The number of nitrogens with zero attached hydrogens (tertiary/aromatic N) is 4. The Bertz CT molecular complexity index is 1230. The molecule has 0 fully saturated rings. The lowest BCUT2D eigenvalue weighted by Gasteiger charge is -2.07. The Labute approximate surface area is 184 Å². The van der Waals surface area contributed by atoms with Gasteiger partial charge in [0.05, 0.1) is 11.4 Å². The van der Waals surface area contributed by atoms with Crippen molar-refractivity contribution in [2.45, 2.75) is 25.9 Å². The third kappa shape index (κ3) is 4.61. The summed E-state index contributed by atoms with van der Waals surface area (Å²) in [5, 5.41) is 18.9. The number of H-pyrrole nitrogens is 1. The fourth-order valence-corrected chi connectivity index (χ4v) is 3.67. The fourth-order valence-electron chi connectivity index (χ4n) is 3.01. The van der Waals surface area contributed by atoms with E-state index in [2.05, 4.69) is 25.7 Å². The molecule has 0 atom stereocenters. The van der Waals surface area contributed by atoms with Crippen molar-refractivity contribution in [1.82, 2.24) is 25.1 Å². The van der Waals surface area contributed by atoms with E-state index >= 15 is 0 Å². The van der Waals surface area contributed by atoms with Gasteiger partial charge in [-0.2, -0.15) is 5.10 Å². The number of nitrogens with one attached hydrogen (secondary N) is 2. The van der Waals surface area contributed by atoms with Crippen LogP contribution in [-0.2, 0) is 4.79 Å². The van der Waals surface area contributed by atoms with Crippen LogP contribution in [0.1, 0.15) is 16.7 Å². The second-order valence-electron chi connectivity index (χ2n) is 7.34. The summed E-state index contributed by atoms with van der Waals surface area (Å²) in [4.78, 5) is 12.3. The Morgan fingerprint density at radius 3 is 2.58 bits per heavy atom. The quantitative estimate of drug-likeness (QED) is 0.315. The maximum atomic E-state index is 12.3. The van der Waals surface area contributed by atoms with Gasteiger partial charge in [-0.25, -0.2) is 4.68 Å². The molecule has 8 nitrogen and oxygen atoms in total. The molecule has 0 unspecified atom stereocenters. The normalized spacial score (nSPS) is 10.9. The minimum Gasteiger partial charge on any atom is -0.335 e. The second kappa shape index (κ2) is 8.65. The van der Waals surface area contributed by atoms with Gasteiger partial charge in [-0.3, -0.25) is 9.89 Å². The zero-order valence-electron chi connectivity index (χ0n) is 17.5. The molecule has 0 saturated heterocycles. The summed E-state index contributed by atoms with van der Waals surface area (Å²) in [7, 11) is 0. The Morgan fingerprint density at radius 1 is 1.06 bits per heavy atom. The van der Waals surface area contributed by atoms with Crippen LogP contribution in [0.4, 0.5) is 5.69 Å². The number of thioether (sulfide) groups is 1. The Balaban J connectivity index is 1.42. The van der Waals surface area contributed by atoms with Crippen LogP contribution >= 0.6 is 11.8 Å². The van der Waals surface area contributed by atoms with Gasteiger partial charge in [-0.05, 0) is 50.1 Å². The highest BCUT2D eigenvalue weighted by molar-refractivity contribution is 7.99. The molecule has 4 rings (SSSR count). The summed E-state index contributed by atoms with van der Waals surface area (Å²) in [5.41, 5.74) is 6.70. The first kappa shape index (κ1) is 20.7. The summed E-state index contributed by atoms with van der Waals surface area (Å²) < 4.78 is 1.36. The van der Waals surface area contributed by atoms with Crippen molar-refractivity contribution in [1.29, 1.82) is 0 Å². The summed E-state index contributed by atoms with van der Waals surface area (Å²) in [6, 6.07) is 15.8. The molecule has 158 valence electrons. The fraction of sp³-hybridized carbons (Fsp3) is 0.182. The first-order valence-electron chi connectivity index (χ1n) is 9.74. The average molecular weight is 434 g/mol.